The SMILES string of the molecule is COCOc1c(OC)c(C)cc2c1[C@@H]1C3[C@@H]4SC[C@H](NC(=O)OC(C)(C)C)C(=O)OC[C@H](c5c6c(c(C)c(OC(C)=O)c54)OCO6)N3[C@@H](C#N)[C@@H](C2)N1C. The van der Waals surface area contributed by atoms with Crippen molar-refractivity contribution in [1.82, 2.24) is 15.1 Å². The van der Waals surface area contributed by atoms with Crippen LogP contribution in [0.3, 0.4) is 0 Å². The molecule has 2 aromatic rings. The minimum absolute atomic E-state index is 0.0296. The molecule has 5 heterocycles. The molecule has 2 aromatic carbocycles. The molecule has 16 heteroatoms. The molecule has 2 fully saturated rings. The van der Waals surface area contributed by atoms with Gasteiger partial charge in [-0.3, -0.25) is 14.6 Å². The molecule has 0 radical (unpaired) electrons. The van der Waals surface area contributed by atoms with Gasteiger partial charge < -0.3 is 43.2 Å². The first-order valence-electron chi connectivity index (χ1n) is 17.8. The molecule has 1 unspecified atom stereocenters. The lowest BCUT2D eigenvalue weighted by Gasteiger charge is -2.61. The number of nitriles is 1. The lowest BCUT2D eigenvalue weighted by molar-refractivity contribution is -0.151. The van der Waals surface area contributed by atoms with E-state index in [-0.39, 0.29) is 32.0 Å². The first kappa shape index (κ1) is 37.9. The minimum atomic E-state index is -1.09. The number of piperazine rings is 1. The molecule has 5 aliphatic heterocycles. The monoisotopic (exact) mass is 766 g/mol. The van der Waals surface area contributed by atoms with Crippen LogP contribution in [0.1, 0.15) is 78.4 Å². The van der Waals surface area contributed by atoms with E-state index in [9.17, 15) is 19.6 Å². The summed E-state index contributed by atoms with van der Waals surface area (Å²) in [4.78, 5) is 44.1. The summed E-state index contributed by atoms with van der Waals surface area (Å²) in [6, 6.07) is 1.01. The molecule has 1 N–H and O–H groups in total. The fourth-order valence-electron chi connectivity index (χ4n) is 8.76. The fraction of sp³-hybridized carbons (Fsp3) is 0.579. The van der Waals surface area contributed by atoms with Crippen LogP contribution in [-0.2, 0) is 30.2 Å². The summed E-state index contributed by atoms with van der Waals surface area (Å²) >= 11 is 1.39. The van der Waals surface area contributed by atoms with Gasteiger partial charge in [0.05, 0.1) is 30.5 Å². The number of aryl methyl sites for hydroxylation is 1. The second-order valence-electron chi connectivity index (χ2n) is 15.1. The zero-order valence-corrected chi connectivity index (χ0v) is 32.7. The number of nitrogens with zero attached hydrogens (tertiary/aromatic N) is 3. The third-order valence-electron chi connectivity index (χ3n) is 10.7. The molecule has 0 aliphatic carbocycles. The Labute approximate surface area is 318 Å². The van der Waals surface area contributed by atoms with E-state index in [0.29, 0.717) is 51.9 Å². The number of fused-ring (bicyclic) bond motifs is 9. The number of alkyl carbamates (subject to hydrolysis) is 1. The quantitative estimate of drug-likeness (QED) is 0.249. The van der Waals surface area contributed by atoms with Crippen LogP contribution >= 0.6 is 11.8 Å². The van der Waals surface area contributed by atoms with Crippen LogP contribution in [0, 0.1) is 25.2 Å². The maximum absolute atomic E-state index is 13.8. The Morgan fingerprint density at radius 3 is 2.48 bits per heavy atom. The van der Waals surface area contributed by atoms with E-state index in [0.717, 1.165) is 16.7 Å². The van der Waals surface area contributed by atoms with E-state index in [1.54, 1.807) is 35.0 Å². The number of nitrogens with one attached hydrogen (secondary N) is 1. The first-order valence-corrected chi connectivity index (χ1v) is 18.9. The van der Waals surface area contributed by atoms with Crippen molar-refractivity contribution in [3.05, 3.63) is 39.4 Å². The van der Waals surface area contributed by atoms with Crippen molar-refractivity contribution in [2.75, 3.05) is 47.2 Å². The van der Waals surface area contributed by atoms with Gasteiger partial charge in [0.1, 0.15) is 30.0 Å². The number of amides is 1. The number of cyclic esters (lactones) is 1. The van der Waals surface area contributed by atoms with Crippen molar-refractivity contribution < 1.29 is 52.3 Å². The smallest absolute Gasteiger partial charge is 0.408 e. The van der Waals surface area contributed by atoms with Crippen molar-refractivity contribution in [2.45, 2.75) is 95.1 Å². The Balaban J connectivity index is 1.49. The summed E-state index contributed by atoms with van der Waals surface area (Å²) < 4.78 is 47.5. The number of thioether (sulfide) groups is 1. The highest BCUT2D eigenvalue weighted by Crippen LogP contribution is 2.64. The predicted molar refractivity (Wildman–Crippen MR) is 194 cm³/mol. The predicted octanol–water partition coefficient (Wildman–Crippen LogP) is 4.40. The fourth-order valence-corrected chi connectivity index (χ4v) is 10.3. The zero-order valence-electron chi connectivity index (χ0n) is 31.9. The third kappa shape index (κ3) is 6.24. The molecule has 7 rings (SSSR count). The molecule has 0 spiro atoms. The zero-order chi connectivity index (χ0) is 38.8. The molecule has 5 aliphatic rings. The molecule has 290 valence electrons. The lowest BCUT2D eigenvalue weighted by atomic mass is 9.71. The van der Waals surface area contributed by atoms with Crippen molar-refractivity contribution in [1.29, 1.82) is 5.26 Å². The number of hydrogen-bond donors (Lipinski definition) is 1. The highest BCUT2D eigenvalue weighted by molar-refractivity contribution is 7.99. The van der Waals surface area contributed by atoms with Crippen molar-refractivity contribution in [3.63, 3.8) is 0 Å². The average Bonchev–Trinajstić information content (AvgIpc) is 3.59. The number of benzene rings is 2. The van der Waals surface area contributed by atoms with Crippen LogP contribution in [-0.4, -0.2) is 105 Å². The Morgan fingerprint density at radius 2 is 1.81 bits per heavy atom. The normalized spacial score (nSPS) is 27.0. The Kier molecular flexibility index (Phi) is 10.1. The molecular weight excluding hydrogens is 721 g/mol. The number of ether oxygens (including phenoxy) is 8. The maximum atomic E-state index is 13.8. The summed E-state index contributed by atoms with van der Waals surface area (Å²) in [6.07, 6.45) is -0.232. The molecule has 4 bridgehead atoms. The number of hydrogen-bond acceptors (Lipinski definition) is 15. The summed E-state index contributed by atoms with van der Waals surface area (Å²) in [6.45, 7) is 10.0. The maximum Gasteiger partial charge on any atom is 0.408 e. The van der Waals surface area contributed by atoms with E-state index in [2.05, 4.69) is 27.3 Å². The number of likely N-dealkylation sites (N-methyl/N-ethyl adjacent to an activating group) is 1. The van der Waals surface area contributed by atoms with Crippen LogP contribution in [0.4, 0.5) is 4.79 Å². The van der Waals surface area contributed by atoms with Gasteiger partial charge in [-0.1, -0.05) is 6.07 Å². The minimum Gasteiger partial charge on any atom is -0.493 e. The highest BCUT2D eigenvalue weighted by Gasteiger charge is 2.61. The number of rotatable bonds is 6. The van der Waals surface area contributed by atoms with E-state index >= 15 is 0 Å². The van der Waals surface area contributed by atoms with Crippen LogP contribution < -0.4 is 29.0 Å². The number of carbonyl (C=O) groups excluding carboxylic acids is 3. The van der Waals surface area contributed by atoms with E-state index < -0.39 is 59.1 Å². The Morgan fingerprint density at radius 1 is 1.07 bits per heavy atom. The molecule has 2 saturated heterocycles. The van der Waals surface area contributed by atoms with Crippen molar-refractivity contribution >= 4 is 29.8 Å². The average molecular weight is 767 g/mol. The standard InChI is InChI=1S/C38H46N4O11S/c1-17-10-20-11-22-23(12-39)42-24-13-48-36(44)21(40-37(45)53-38(4,5)6)14-54-35(27-26(24)34-32(50-16-51-34)18(2)31(27)52-19(3)43)29(42)28(41(22)7)25(20)33(30(17)47-9)49-15-46-8/h10,21-24,28-29,35H,11,13-16H2,1-9H3,(H,40,45)/t21-,22+,23-,24+,28+,29?,35+/m0/s1. The van der Waals surface area contributed by atoms with Gasteiger partial charge in [0.25, 0.3) is 0 Å². The summed E-state index contributed by atoms with van der Waals surface area (Å²) in [5.74, 6) is 1.18. The van der Waals surface area contributed by atoms with E-state index in [4.69, 9.17) is 37.9 Å². The molecular formula is C38H46N4O11S. The largest absolute Gasteiger partial charge is 0.493 e. The summed E-state index contributed by atoms with van der Waals surface area (Å²) in [7, 11) is 5.16. The lowest BCUT2D eigenvalue weighted by Crippen LogP contribution is -2.69. The first-order chi connectivity index (χ1) is 25.7. The van der Waals surface area contributed by atoms with E-state index in [1.807, 2.05) is 20.9 Å². The van der Waals surface area contributed by atoms with Gasteiger partial charge in [-0.25, -0.2) is 9.59 Å². The molecule has 1 amide bonds. The number of carbonyl (C=O) groups is 3. The number of esters is 2. The molecule has 0 saturated carbocycles. The van der Waals surface area contributed by atoms with E-state index in [1.165, 1.54) is 18.7 Å². The van der Waals surface area contributed by atoms with Gasteiger partial charge >= 0.3 is 18.0 Å². The van der Waals surface area contributed by atoms with Gasteiger partial charge in [0.15, 0.2) is 29.8 Å². The van der Waals surface area contributed by atoms with Gasteiger partial charge in [-0.05, 0) is 59.2 Å². The Bertz CT molecular complexity index is 1930. The topological polar surface area (TPSA) is 167 Å². The van der Waals surface area contributed by atoms with Gasteiger partial charge in [0, 0.05) is 54.1 Å². The molecule has 54 heavy (non-hydrogen) atoms. The van der Waals surface area contributed by atoms with Crippen LogP contribution in [0.5, 0.6) is 28.7 Å². The van der Waals surface area contributed by atoms with Crippen LogP contribution in [0.15, 0.2) is 6.07 Å². The highest BCUT2D eigenvalue weighted by atomic mass is 32.2. The van der Waals surface area contributed by atoms with Crippen molar-refractivity contribution in [2.24, 2.45) is 0 Å². The summed E-state index contributed by atoms with van der Waals surface area (Å²) in [5.41, 5.74) is 3.86. The third-order valence-corrected chi connectivity index (χ3v) is 12.1. The van der Waals surface area contributed by atoms with Gasteiger partial charge in [-0.2, -0.15) is 5.26 Å². The van der Waals surface area contributed by atoms with Crippen LogP contribution in [0.2, 0.25) is 0 Å². The molecule has 0 aromatic heterocycles. The van der Waals surface area contributed by atoms with Gasteiger partial charge in [0.2, 0.25) is 6.79 Å². The summed E-state index contributed by atoms with van der Waals surface area (Å²) in [5, 5.41) is 13.2. The Hall–Kier alpha value is -4.43. The molecule has 15 nitrogen and oxygen atoms in total. The van der Waals surface area contributed by atoms with Gasteiger partial charge in [-0.15, -0.1) is 11.8 Å². The van der Waals surface area contributed by atoms with Crippen LogP contribution in [0.25, 0.3) is 0 Å². The van der Waals surface area contributed by atoms with Crippen molar-refractivity contribution in [3.8, 4) is 34.8 Å². The second-order valence-corrected chi connectivity index (χ2v) is 16.3. The number of methoxy groups -OCH3 is 2. The second kappa shape index (κ2) is 14.3. The molecule has 7 atom stereocenters.